The van der Waals surface area contributed by atoms with Crippen molar-refractivity contribution in [2.45, 2.75) is 38.6 Å². The maximum Gasteiger partial charge on any atom is 0.341 e. The van der Waals surface area contributed by atoms with E-state index in [9.17, 15) is 14.7 Å². The summed E-state index contributed by atoms with van der Waals surface area (Å²) in [4.78, 5) is 24.1. The van der Waals surface area contributed by atoms with Gasteiger partial charge in [0.1, 0.15) is 5.56 Å². The number of carbonyl (C=O) groups is 1. The van der Waals surface area contributed by atoms with E-state index in [2.05, 4.69) is 13.0 Å². The first-order valence-corrected chi connectivity index (χ1v) is 8.74. The number of hydrogen-bond donors (Lipinski definition) is 2. The lowest BCUT2D eigenvalue weighted by atomic mass is 9.93. The molecule has 134 valence electrons. The fraction of sp³-hybridized carbons (Fsp3) is 0.474. The maximum absolute atomic E-state index is 12.7. The number of aromatic nitrogens is 1. The second-order valence-electron chi connectivity index (χ2n) is 6.63. The summed E-state index contributed by atoms with van der Waals surface area (Å²) in [5.41, 5.74) is 7.92. The minimum absolute atomic E-state index is 0.157. The number of rotatable bonds is 7. The minimum Gasteiger partial charge on any atom is -0.477 e. The van der Waals surface area contributed by atoms with Crippen LogP contribution in [0.1, 0.15) is 47.3 Å². The van der Waals surface area contributed by atoms with E-state index in [4.69, 9.17) is 10.5 Å². The summed E-state index contributed by atoms with van der Waals surface area (Å²) in [6, 6.07) is 4.18. The molecule has 0 fully saturated rings. The molecule has 0 bridgehead atoms. The van der Waals surface area contributed by atoms with E-state index < -0.39 is 11.4 Å². The summed E-state index contributed by atoms with van der Waals surface area (Å²) in [6.07, 6.45) is 4.97. The molecule has 0 radical (unpaired) electrons. The maximum atomic E-state index is 12.7. The zero-order valence-electron chi connectivity index (χ0n) is 14.5. The molecule has 0 saturated carbocycles. The Morgan fingerprint density at radius 3 is 2.92 bits per heavy atom. The van der Waals surface area contributed by atoms with Crippen LogP contribution in [0.5, 0.6) is 0 Å². The molecule has 0 amide bonds. The van der Waals surface area contributed by atoms with E-state index in [0.717, 1.165) is 42.3 Å². The van der Waals surface area contributed by atoms with E-state index in [1.54, 1.807) is 0 Å². The Hall–Kier alpha value is -2.18. The third-order valence-corrected chi connectivity index (χ3v) is 4.82. The van der Waals surface area contributed by atoms with Crippen LogP contribution in [0.15, 0.2) is 23.1 Å². The number of pyridine rings is 1. The number of nitrogens with zero attached hydrogens (tertiary/aromatic N) is 1. The zero-order chi connectivity index (χ0) is 18.0. The van der Waals surface area contributed by atoms with Crippen LogP contribution in [-0.4, -0.2) is 35.4 Å². The molecule has 1 aromatic carbocycles. The Balaban J connectivity index is 2.02. The molecule has 1 aromatic heterocycles. The van der Waals surface area contributed by atoms with Crippen molar-refractivity contribution in [2.75, 3.05) is 19.8 Å². The summed E-state index contributed by atoms with van der Waals surface area (Å²) < 4.78 is 7.35. The van der Waals surface area contributed by atoms with Crippen LogP contribution < -0.4 is 11.2 Å². The van der Waals surface area contributed by atoms with Gasteiger partial charge in [-0.15, -0.1) is 0 Å². The molecule has 6 heteroatoms. The van der Waals surface area contributed by atoms with Gasteiger partial charge in [0.2, 0.25) is 5.43 Å². The van der Waals surface area contributed by atoms with E-state index in [1.165, 1.54) is 6.20 Å². The van der Waals surface area contributed by atoms with Crippen LogP contribution in [0.25, 0.3) is 10.9 Å². The van der Waals surface area contributed by atoms with Gasteiger partial charge >= 0.3 is 5.97 Å². The second-order valence-corrected chi connectivity index (χ2v) is 6.63. The molecule has 3 rings (SSSR count). The molecule has 1 aliphatic heterocycles. The third-order valence-electron chi connectivity index (χ3n) is 4.82. The highest BCUT2D eigenvalue weighted by Crippen LogP contribution is 2.31. The number of aryl methyl sites for hydroxylation is 2. The fourth-order valence-corrected chi connectivity index (χ4v) is 3.55. The molecule has 2 aromatic rings. The lowest BCUT2D eigenvalue weighted by molar-refractivity contribution is 0.0694. The van der Waals surface area contributed by atoms with E-state index >= 15 is 0 Å². The summed E-state index contributed by atoms with van der Waals surface area (Å²) in [5.74, 6) is -1.17. The highest BCUT2D eigenvalue weighted by atomic mass is 16.5. The topological polar surface area (TPSA) is 94.6 Å². The Labute approximate surface area is 146 Å². The average Bonchev–Trinajstić information content (AvgIpc) is 2.59. The number of ether oxygens (including phenoxy) is 1. The predicted molar refractivity (Wildman–Crippen MR) is 96.4 cm³/mol. The number of nitrogens with two attached hydrogens (primary N) is 1. The highest BCUT2D eigenvalue weighted by molar-refractivity contribution is 5.94. The Morgan fingerprint density at radius 1 is 1.40 bits per heavy atom. The van der Waals surface area contributed by atoms with Gasteiger partial charge in [-0.3, -0.25) is 4.79 Å². The molecule has 0 spiro atoms. The summed E-state index contributed by atoms with van der Waals surface area (Å²) in [7, 11) is 0. The number of carboxylic acid groups (broad SMARTS) is 1. The van der Waals surface area contributed by atoms with Crippen molar-refractivity contribution < 1.29 is 14.6 Å². The van der Waals surface area contributed by atoms with Gasteiger partial charge in [0.25, 0.3) is 0 Å². The molecule has 3 N–H and O–H groups in total. The molecule has 1 aliphatic rings. The van der Waals surface area contributed by atoms with Gasteiger partial charge in [-0.1, -0.05) is 6.07 Å². The smallest absolute Gasteiger partial charge is 0.341 e. The Kier molecular flexibility index (Phi) is 5.20. The predicted octanol–water partition coefficient (Wildman–Crippen LogP) is 2.11. The van der Waals surface area contributed by atoms with E-state index in [1.807, 2.05) is 10.6 Å². The summed E-state index contributed by atoms with van der Waals surface area (Å²) >= 11 is 0. The molecular weight excluding hydrogens is 320 g/mol. The third kappa shape index (κ3) is 3.45. The number of carboxylic acids is 1. The number of hydrogen-bond acceptors (Lipinski definition) is 4. The van der Waals surface area contributed by atoms with E-state index in [-0.39, 0.29) is 11.6 Å². The van der Waals surface area contributed by atoms with Gasteiger partial charge < -0.3 is 20.1 Å². The Bertz CT molecular complexity index is 857. The molecular formula is C19H24N2O4. The summed E-state index contributed by atoms with van der Waals surface area (Å²) in [6.45, 7) is 3.74. The SMILES string of the molecule is C[C@@H]1CCc2cc(CCCOCCN)cc3c(=O)c(C(=O)O)cn1c23. The monoisotopic (exact) mass is 344 g/mol. The molecule has 0 unspecified atom stereocenters. The van der Waals surface area contributed by atoms with Gasteiger partial charge in [0, 0.05) is 30.8 Å². The lowest BCUT2D eigenvalue weighted by Crippen LogP contribution is -2.24. The second kappa shape index (κ2) is 7.37. The van der Waals surface area contributed by atoms with Crippen molar-refractivity contribution in [3.05, 3.63) is 45.2 Å². The Morgan fingerprint density at radius 2 is 2.20 bits per heavy atom. The van der Waals surface area contributed by atoms with Gasteiger partial charge in [-0.05, 0) is 49.8 Å². The van der Waals surface area contributed by atoms with Crippen molar-refractivity contribution in [3.63, 3.8) is 0 Å². The first-order chi connectivity index (χ1) is 12.0. The first-order valence-electron chi connectivity index (χ1n) is 8.74. The van der Waals surface area contributed by atoms with Crippen LogP contribution in [-0.2, 0) is 17.6 Å². The number of benzene rings is 1. The molecule has 0 aliphatic carbocycles. The van der Waals surface area contributed by atoms with Crippen molar-refractivity contribution in [3.8, 4) is 0 Å². The van der Waals surface area contributed by atoms with E-state index in [0.29, 0.717) is 25.1 Å². The lowest BCUT2D eigenvalue weighted by Gasteiger charge is -2.27. The van der Waals surface area contributed by atoms with Crippen molar-refractivity contribution in [1.82, 2.24) is 4.57 Å². The van der Waals surface area contributed by atoms with Gasteiger partial charge in [0.15, 0.2) is 0 Å². The van der Waals surface area contributed by atoms with Crippen LogP contribution in [0.4, 0.5) is 0 Å². The van der Waals surface area contributed by atoms with Gasteiger partial charge in [-0.2, -0.15) is 0 Å². The number of aromatic carboxylic acids is 1. The molecule has 25 heavy (non-hydrogen) atoms. The molecule has 1 atom stereocenters. The van der Waals surface area contributed by atoms with Crippen molar-refractivity contribution in [1.29, 1.82) is 0 Å². The van der Waals surface area contributed by atoms with Crippen LogP contribution in [0.2, 0.25) is 0 Å². The van der Waals surface area contributed by atoms with Crippen molar-refractivity contribution in [2.24, 2.45) is 5.73 Å². The minimum atomic E-state index is -1.17. The van der Waals surface area contributed by atoms with Gasteiger partial charge in [0.05, 0.1) is 12.1 Å². The highest BCUT2D eigenvalue weighted by Gasteiger charge is 2.23. The molecule has 6 nitrogen and oxygen atoms in total. The zero-order valence-corrected chi connectivity index (χ0v) is 14.5. The fourth-order valence-electron chi connectivity index (χ4n) is 3.55. The first kappa shape index (κ1) is 17.6. The summed E-state index contributed by atoms with van der Waals surface area (Å²) in [5, 5.41) is 9.89. The van der Waals surface area contributed by atoms with Crippen molar-refractivity contribution >= 4 is 16.9 Å². The standard InChI is InChI=1S/C19H24N2O4/c1-12-4-5-14-9-13(3-2-7-25-8-6-20)10-15-17(14)21(12)11-16(18(15)22)19(23)24/h9-12H,2-8,20H2,1H3,(H,23,24)/t12-/m1/s1. The quantitative estimate of drug-likeness (QED) is 0.750. The van der Waals surface area contributed by atoms with Crippen LogP contribution in [0.3, 0.4) is 0 Å². The van der Waals surface area contributed by atoms with Crippen LogP contribution >= 0.6 is 0 Å². The van der Waals surface area contributed by atoms with Gasteiger partial charge in [-0.25, -0.2) is 4.79 Å². The average molecular weight is 344 g/mol. The largest absolute Gasteiger partial charge is 0.477 e. The molecule has 2 heterocycles. The molecule has 0 saturated heterocycles. The normalized spacial score (nSPS) is 16.3. The van der Waals surface area contributed by atoms with Crippen LogP contribution in [0, 0.1) is 0 Å².